The van der Waals surface area contributed by atoms with Crippen LogP contribution in [0.2, 0.25) is 0 Å². The fourth-order valence-electron chi connectivity index (χ4n) is 2.29. The summed E-state index contributed by atoms with van der Waals surface area (Å²) in [5.74, 6) is 0.586. The van der Waals surface area contributed by atoms with Crippen LogP contribution < -0.4 is 5.32 Å². The third-order valence-electron chi connectivity index (χ3n) is 3.10. The van der Waals surface area contributed by atoms with Gasteiger partial charge in [-0.3, -0.25) is 4.57 Å². The van der Waals surface area contributed by atoms with Crippen molar-refractivity contribution in [1.82, 2.24) is 9.88 Å². The fourth-order valence-corrected chi connectivity index (χ4v) is 2.29. The smallest absolute Gasteiger partial charge is 0.211 e. The number of hydrogen-bond acceptors (Lipinski definition) is 1. The summed E-state index contributed by atoms with van der Waals surface area (Å²) in [6.45, 7) is 20.9. The summed E-state index contributed by atoms with van der Waals surface area (Å²) in [5, 5.41) is 3.05. The molecule has 0 atom stereocenters. The van der Waals surface area contributed by atoms with Gasteiger partial charge in [-0.25, -0.2) is 4.99 Å². The predicted molar refractivity (Wildman–Crippen MR) is 105 cm³/mol. The van der Waals surface area contributed by atoms with Crippen molar-refractivity contribution in [3.63, 3.8) is 0 Å². The van der Waals surface area contributed by atoms with Gasteiger partial charge in [-0.1, -0.05) is 63.3 Å². The maximum atomic E-state index is 4.32. The molecule has 1 aromatic heterocycles. The Kier molecular flexibility index (Phi) is 7.08. The van der Waals surface area contributed by atoms with Crippen LogP contribution in [0.1, 0.15) is 29.4 Å². The Bertz CT molecular complexity index is 710. The minimum atomic E-state index is 0.586. The molecule has 0 aromatic carbocycles. The molecule has 0 aliphatic carbocycles. The van der Waals surface area contributed by atoms with E-state index in [0.717, 1.165) is 22.5 Å². The normalized spacial score (nSPS) is 11.6. The number of allylic oxidation sites excluding steroid dienone is 3. The molecule has 0 saturated heterocycles. The lowest BCUT2D eigenvalue weighted by Crippen LogP contribution is -2.27. The van der Waals surface area contributed by atoms with Crippen LogP contribution in [0.3, 0.4) is 0 Å². The highest BCUT2D eigenvalue weighted by Gasteiger charge is 2.19. The van der Waals surface area contributed by atoms with Crippen molar-refractivity contribution in [2.24, 2.45) is 4.99 Å². The highest BCUT2D eigenvalue weighted by molar-refractivity contribution is 5.93. The van der Waals surface area contributed by atoms with E-state index in [-0.39, 0.29) is 0 Å². The first-order valence-electron chi connectivity index (χ1n) is 7.21. The van der Waals surface area contributed by atoms with Gasteiger partial charge < -0.3 is 5.32 Å². The van der Waals surface area contributed by atoms with Crippen LogP contribution in [-0.4, -0.2) is 10.5 Å². The van der Waals surface area contributed by atoms with Gasteiger partial charge in [-0.2, -0.15) is 0 Å². The molecule has 1 aromatic rings. The van der Waals surface area contributed by atoms with Gasteiger partial charge in [-0.05, 0) is 25.3 Å². The van der Waals surface area contributed by atoms with Gasteiger partial charge in [0.05, 0.1) is 11.4 Å². The molecule has 0 amide bonds. The molecule has 0 saturated carbocycles. The maximum Gasteiger partial charge on any atom is 0.211 e. The average molecular weight is 305 g/mol. The van der Waals surface area contributed by atoms with Crippen LogP contribution in [0.15, 0.2) is 68.5 Å². The first-order chi connectivity index (χ1) is 11.2. The molecule has 3 heteroatoms. The summed E-state index contributed by atoms with van der Waals surface area (Å²) in [4.78, 5) is 4.32. The first-order valence-corrected chi connectivity index (χ1v) is 7.21. The molecule has 0 aliphatic rings. The lowest BCUT2D eigenvalue weighted by Gasteiger charge is -2.12. The number of aliphatic imine (C=N–C) groups is 1. The van der Waals surface area contributed by atoms with Crippen molar-refractivity contribution in [2.75, 3.05) is 0 Å². The van der Waals surface area contributed by atoms with Crippen molar-refractivity contribution in [3.05, 3.63) is 86.0 Å². The number of aromatic nitrogens is 1. The molecule has 1 N–H and O–H groups in total. The number of nitrogens with zero attached hydrogens (tertiary/aromatic N) is 2. The third-order valence-corrected chi connectivity index (χ3v) is 3.10. The monoisotopic (exact) mass is 305 g/mol. The molecule has 0 aliphatic heterocycles. The second kappa shape index (κ2) is 9.05. The van der Waals surface area contributed by atoms with Gasteiger partial charge in [-0.15, -0.1) is 0 Å². The Balaban J connectivity index is 3.94. The van der Waals surface area contributed by atoms with E-state index < -0.39 is 0 Å². The minimum absolute atomic E-state index is 0.586. The molecule has 3 nitrogen and oxygen atoms in total. The summed E-state index contributed by atoms with van der Waals surface area (Å²) in [6, 6.07) is 0. The van der Waals surface area contributed by atoms with Crippen molar-refractivity contribution in [1.29, 1.82) is 0 Å². The summed E-state index contributed by atoms with van der Waals surface area (Å²) in [5.41, 5.74) is 3.80. The second-order valence-electron chi connectivity index (χ2n) is 4.42. The minimum Gasteiger partial charge on any atom is -0.333 e. The molecule has 1 rings (SSSR count). The second-order valence-corrected chi connectivity index (χ2v) is 4.42. The molecule has 118 valence electrons. The molecule has 1 heterocycles. The maximum absolute atomic E-state index is 4.32. The van der Waals surface area contributed by atoms with Crippen LogP contribution in [0, 0.1) is 0 Å². The molecule has 0 spiro atoms. The lowest BCUT2D eigenvalue weighted by atomic mass is 10.1. The van der Waals surface area contributed by atoms with Gasteiger partial charge in [0.25, 0.3) is 0 Å². The van der Waals surface area contributed by atoms with Crippen LogP contribution in [0.4, 0.5) is 0 Å². The van der Waals surface area contributed by atoms with E-state index in [4.69, 9.17) is 0 Å². The van der Waals surface area contributed by atoms with E-state index >= 15 is 0 Å². The first kappa shape index (κ1) is 18.0. The van der Waals surface area contributed by atoms with E-state index in [1.54, 1.807) is 12.3 Å². The highest BCUT2D eigenvalue weighted by Crippen LogP contribution is 2.28. The van der Waals surface area contributed by atoms with Crippen LogP contribution in [0.25, 0.3) is 24.3 Å². The van der Waals surface area contributed by atoms with Crippen molar-refractivity contribution < 1.29 is 0 Å². The fraction of sp³-hybridized carbons (Fsp3) is 0.0500. The van der Waals surface area contributed by atoms with Gasteiger partial charge in [0.15, 0.2) is 0 Å². The van der Waals surface area contributed by atoms with Gasteiger partial charge >= 0.3 is 0 Å². The number of nitrogens with one attached hydrogen (secondary N) is 1. The Morgan fingerprint density at radius 2 is 1.61 bits per heavy atom. The van der Waals surface area contributed by atoms with Gasteiger partial charge in [0.2, 0.25) is 5.96 Å². The van der Waals surface area contributed by atoms with Gasteiger partial charge in [0, 0.05) is 17.3 Å². The molecule has 0 radical (unpaired) electrons. The summed E-state index contributed by atoms with van der Waals surface area (Å²) >= 11 is 0. The molecule has 0 fully saturated rings. The quantitative estimate of drug-likeness (QED) is 0.424. The number of rotatable bonds is 7. The van der Waals surface area contributed by atoms with Crippen LogP contribution in [-0.2, 0) is 0 Å². The molecule has 0 bridgehead atoms. The van der Waals surface area contributed by atoms with Crippen molar-refractivity contribution in [2.45, 2.75) is 6.92 Å². The summed E-state index contributed by atoms with van der Waals surface area (Å²) in [7, 11) is 0. The Morgan fingerprint density at radius 1 is 1.00 bits per heavy atom. The van der Waals surface area contributed by atoms with E-state index in [2.05, 4.69) is 43.2 Å². The predicted octanol–water partition coefficient (Wildman–Crippen LogP) is 5.09. The Labute approximate surface area is 138 Å². The van der Waals surface area contributed by atoms with E-state index in [9.17, 15) is 0 Å². The molecule has 0 unspecified atom stereocenters. The SMILES string of the molecule is C=C/C=C\c1c(C=C)c(C=C)c(/C=C\C)n1/C(=N/C=C)NC=C. The molecular formula is C20H23N3. The largest absolute Gasteiger partial charge is 0.333 e. The molecular weight excluding hydrogens is 282 g/mol. The average Bonchev–Trinajstić information content (AvgIpc) is 2.85. The zero-order chi connectivity index (χ0) is 17.2. The van der Waals surface area contributed by atoms with Gasteiger partial charge in [0.1, 0.15) is 0 Å². The van der Waals surface area contributed by atoms with Crippen molar-refractivity contribution >= 4 is 30.3 Å². The zero-order valence-corrected chi connectivity index (χ0v) is 13.6. The zero-order valence-electron chi connectivity index (χ0n) is 13.6. The Hall–Kier alpha value is -3.07. The van der Waals surface area contributed by atoms with E-state index in [1.807, 2.05) is 47.9 Å². The summed E-state index contributed by atoms with van der Waals surface area (Å²) in [6.07, 6.45) is 16.2. The Morgan fingerprint density at radius 3 is 2.04 bits per heavy atom. The number of hydrogen-bond donors (Lipinski definition) is 1. The van der Waals surface area contributed by atoms with E-state index in [1.165, 1.54) is 6.20 Å². The topological polar surface area (TPSA) is 29.3 Å². The van der Waals surface area contributed by atoms with Crippen LogP contribution in [0.5, 0.6) is 0 Å². The highest BCUT2D eigenvalue weighted by atomic mass is 15.2. The summed E-state index contributed by atoms with van der Waals surface area (Å²) < 4.78 is 1.97. The van der Waals surface area contributed by atoms with E-state index in [0.29, 0.717) is 5.96 Å². The standard InChI is InChI=1S/C20H23N3/c1-7-13-15-19-17(10-4)16(9-3)18(14-8-2)23(19)20(21-11-5)22-12-6/h7-15H,1,3-6H2,2H3,(H,21,22)/b14-8-,15-13-. The van der Waals surface area contributed by atoms with Crippen LogP contribution >= 0.6 is 0 Å². The lowest BCUT2D eigenvalue weighted by molar-refractivity contribution is 1.03. The van der Waals surface area contributed by atoms with Crippen molar-refractivity contribution in [3.8, 4) is 0 Å². The molecule has 23 heavy (non-hydrogen) atoms. The third kappa shape index (κ3) is 3.77.